The summed E-state index contributed by atoms with van der Waals surface area (Å²) < 4.78 is 7.10. The summed E-state index contributed by atoms with van der Waals surface area (Å²) in [5, 5.41) is 0. The fourth-order valence-electron chi connectivity index (χ4n) is 5.02. The Morgan fingerprint density at radius 1 is 1.00 bits per heavy atom. The number of ether oxygens (including phenoxy) is 1. The molecule has 206 valence electrons. The van der Waals surface area contributed by atoms with E-state index in [1.807, 2.05) is 23.1 Å². The Kier molecular flexibility index (Phi) is 11.4. The standard InChI is InChI=1S/C30H48N4O3/c1-23(2)14-20-33(21-15-24(3)4)30(36)25-10-11-26-27(22-25)34(28(31-26)12-13-29(35)37-5)19-9-18-32-16-7-6-8-17-32/h10-11,22-24H,6-9,12-21H2,1-5H3. The van der Waals surface area contributed by atoms with Crippen LogP contribution in [0.1, 0.15) is 88.8 Å². The first-order valence-corrected chi connectivity index (χ1v) is 14.4. The van der Waals surface area contributed by atoms with Crippen LogP contribution in [0.3, 0.4) is 0 Å². The Bertz CT molecular complexity index is 996. The van der Waals surface area contributed by atoms with Gasteiger partial charge in [0.05, 0.1) is 24.6 Å². The van der Waals surface area contributed by atoms with Crippen molar-refractivity contribution in [3.8, 4) is 0 Å². The van der Waals surface area contributed by atoms with Crippen LogP contribution in [-0.4, -0.2) is 71.1 Å². The second-order valence-corrected chi connectivity index (χ2v) is 11.4. The van der Waals surface area contributed by atoms with Crippen LogP contribution in [0.2, 0.25) is 0 Å². The molecule has 1 aromatic heterocycles. The smallest absolute Gasteiger partial charge is 0.305 e. The number of amides is 1. The predicted molar refractivity (Wildman–Crippen MR) is 150 cm³/mol. The highest BCUT2D eigenvalue weighted by molar-refractivity contribution is 5.97. The van der Waals surface area contributed by atoms with Crippen LogP contribution in [0.25, 0.3) is 11.0 Å². The molecule has 7 heteroatoms. The van der Waals surface area contributed by atoms with Crippen molar-refractivity contribution in [3.05, 3.63) is 29.6 Å². The minimum absolute atomic E-state index is 0.0976. The summed E-state index contributed by atoms with van der Waals surface area (Å²) in [5.74, 6) is 1.86. The van der Waals surface area contributed by atoms with Gasteiger partial charge in [0.2, 0.25) is 0 Å². The molecule has 1 fully saturated rings. The molecular weight excluding hydrogens is 464 g/mol. The molecule has 1 amide bonds. The van der Waals surface area contributed by atoms with Crippen molar-refractivity contribution < 1.29 is 14.3 Å². The van der Waals surface area contributed by atoms with E-state index in [2.05, 4.69) is 37.2 Å². The van der Waals surface area contributed by atoms with Crippen LogP contribution in [0.15, 0.2) is 18.2 Å². The number of aromatic nitrogens is 2. The third kappa shape index (κ3) is 8.84. The van der Waals surface area contributed by atoms with Gasteiger partial charge in [-0.3, -0.25) is 9.59 Å². The van der Waals surface area contributed by atoms with E-state index in [0.717, 1.165) is 67.9 Å². The molecular formula is C30H48N4O3. The number of likely N-dealkylation sites (tertiary alicyclic amines) is 1. The molecule has 1 aromatic carbocycles. The quantitative estimate of drug-likeness (QED) is 0.310. The van der Waals surface area contributed by atoms with Crippen LogP contribution in [0.4, 0.5) is 0 Å². The topological polar surface area (TPSA) is 67.7 Å². The fourth-order valence-corrected chi connectivity index (χ4v) is 5.02. The van der Waals surface area contributed by atoms with E-state index >= 15 is 0 Å². The second-order valence-electron chi connectivity index (χ2n) is 11.4. The van der Waals surface area contributed by atoms with Gasteiger partial charge >= 0.3 is 5.97 Å². The number of esters is 1. The Labute approximate surface area is 223 Å². The van der Waals surface area contributed by atoms with Gasteiger partial charge in [-0.05, 0) is 81.8 Å². The molecule has 0 N–H and O–H groups in total. The molecule has 1 aliphatic rings. The molecule has 0 unspecified atom stereocenters. The molecule has 2 heterocycles. The molecule has 7 nitrogen and oxygen atoms in total. The average Bonchev–Trinajstić information content (AvgIpc) is 3.23. The molecule has 0 spiro atoms. The number of imidazole rings is 1. The molecule has 0 saturated carbocycles. The number of rotatable bonds is 14. The van der Waals surface area contributed by atoms with Crippen molar-refractivity contribution in [2.24, 2.45) is 11.8 Å². The molecule has 0 aliphatic carbocycles. The zero-order valence-corrected chi connectivity index (χ0v) is 23.8. The van der Waals surface area contributed by atoms with E-state index in [-0.39, 0.29) is 11.9 Å². The van der Waals surface area contributed by atoms with Gasteiger partial charge in [0.15, 0.2) is 0 Å². The third-order valence-electron chi connectivity index (χ3n) is 7.40. The van der Waals surface area contributed by atoms with E-state index in [4.69, 9.17) is 9.72 Å². The van der Waals surface area contributed by atoms with Crippen LogP contribution in [-0.2, 0) is 22.5 Å². The van der Waals surface area contributed by atoms with Crippen LogP contribution >= 0.6 is 0 Å². The summed E-state index contributed by atoms with van der Waals surface area (Å²) in [7, 11) is 1.42. The summed E-state index contributed by atoms with van der Waals surface area (Å²) in [5.41, 5.74) is 2.58. The Hall–Kier alpha value is -2.41. The maximum Gasteiger partial charge on any atom is 0.305 e. The number of methoxy groups -OCH3 is 1. The highest BCUT2D eigenvalue weighted by Crippen LogP contribution is 2.22. The largest absolute Gasteiger partial charge is 0.469 e. The van der Waals surface area contributed by atoms with Gasteiger partial charge in [0.1, 0.15) is 5.82 Å². The van der Waals surface area contributed by atoms with Crippen LogP contribution < -0.4 is 0 Å². The summed E-state index contributed by atoms with van der Waals surface area (Å²) in [6.07, 6.45) is 7.75. The number of benzene rings is 1. The predicted octanol–water partition coefficient (Wildman–Crippen LogP) is 5.55. The highest BCUT2D eigenvalue weighted by Gasteiger charge is 2.20. The lowest BCUT2D eigenvalue weighted by Gasteiger charge is -2.26. The Morgan fingerprint density at radius 3 is 2.30 bits per heavy atom. The summed E-state index contributed by atoms with van der Waals surface area (Å²) in [4.78, 5) is 34.9. The number of hydrogen-bond acceptors (Lipinski definition) is 5. The number of aryl methyl sites for hydroxylation is 2. The van der Waals surface area contributed by atoms with Crippen molar-refractivity contribution in [1.82, 2.24) is 19.4 Å². The van der Waals surface area contributed by atoms with Crippen molar-refractivity contribution in [1.29, 1.82) is 0 Å². The fraction of sp³-hybridized carbons (Fsp3) is 0.700. The number of hydrogen-bond donors (Lipinski definition) is 0. The zero-order chi connectivity index (χ0) is 26.8. The lowest BCUT2D eigenvalue weighted by molar-refractivity contribution is -0.140. The van der Waals surface area contributed by atoms with Crippen LogP contribution in [0.5, 0.6) is 0 Å². The van der Waals surface area contributed by atoms with Gasteiger partial charge in [0, 0.05) is 31.6 Å². The van der Waals surface area contributed by atoms with Crippen molar-refractivity contribution in [2.45, 2.75) is 85.6 Å². The number of nitrogens with zero attached hydrogens (tertiary/aromatic N) is 4. The van der Waals surface area contributed by atoms with Gasteiger partial charge in [-0.2, -0.15) is 0 Å². The molecule has 3 rings (SSSR count). The maximum absolute atomic E-state index is 13.6. The molecule has 1 saturated heterocycles. The lowest BCUT2D eigenvalue weighted by Crippen LogP contribution is -2.34. The summed E-state index contributed by atoms with van der Waals surface area (Å²) in [6, 6.07) is 5.90. The van der Waals surface area contributed by atoms with Crippen molar-refractivity contribution in [3.63, 3.8) is 0 Å². The lowest BCUT2D eigenvalue weighted by atomic mass is 10.1. The number of fused-ring (bicyclic) bond motifs is 1. The first kappa shape index (κ1) is 29.2. The first-order valence-electron chi connectivity index (χ1n) is 14.4. The Morgan fingerprint density at radius 2 is 1.68 bits per heavy atom. The van der Waals surface area contributed by atoms with E-state index in [9.17, 15) is 9.59 Å². The molecule has 2 aromatic rings. The van der Waals surface area contributed by atoms with Gasteiger partial charge in [0.25, 0.3) is 5.91 Å². The van der Waals surface area contributed by atoms with Gasteiger partial charge < -0.3 is 19.1 Å². The highest BCUT2D eigenvalue weighted by atomic mass is 16.5. The SMILES string of the molecule is COC(=O)CCc1nc2ccc(C(=O)N(CCC(C)C)CCC(C)C)cc2n1CCCN1CCCCC1. The first-order chi connectivity index (χ1) is 17.8. The Balaban J connectivity index is 1.84. The maximum atomic E-state index is 13.6. The molecule has 0 bridgehead atoms. The molecule has 37 heavy (non-hydrogen) atoms. The molecule has 0 atom stereocenters. The monoisotopic (exact) mass is 512 g/mol. The van der Waals surface area contributed by atoms with Crippen LogP contribution in [0, 0.1) is 11.8 Å². The van der Waals surface area contributed by atoms with E-state index < -0.39 is 0 Å². The zero-order valence-electron chi connectivity index (χ0n) is 23.8. The number of piperidine rings is 1. The van der Waals surface area contributed by atoms with Gasteiger partial charge in [-0.25, -0.2) is 4.98 Å². The normalized spacial score (nSPS) is 14.6. The summed E-state index contributed by atoms with van der Waals surface area (Å²) >= 11 is 0. The minimum atomic E-state index is -0.228. The summed E-state index contributed by atoms with van der Waals surface area (Å²) in [6.45, 7) is 14.6. The number of carbonyl (C=O) groups is 2. The van der Waals surface area contributed by atoms with Gasteiger partial charge in [-0.15, -0.1) is 0 Å². The minimum Gasteiger partial charge on any atom is -0.469 e. The molecule has 1 aliphatic heterocycles. The van der Waals surface area contributed by atoms with Crippen molar-refractivity contribution >= 4 is 22.9 Å². The number of carbonyl (C=O) groups excluding carboxylic acids is 2. The molecule has 0 radical (unpaired) electrons. The van der Waals surface area contributed by atoms with E-state index in [1.165, 1.54) is 39.5 Å². The van der Waals surface area contributed by atoms with E-state index in [0.29, 0.717) is 24.7 Å². The average molecular weight is 513 g/mol. The third-order valence-corrected chi connectivity index (χ3v) is 7.40. The van der Waals surface area contributed by atoms with Gasteiger partial charge in [-0.1, -0.05) is 34.1 Å². The second kappa shape index (κ2) is 14.5. The van der Waals surface area contributed by atoms with Crippen molar-refractivity contribution in [2.75, 3.05) is 39.8 Å². The van der Waals surface area contributed by atoms with E-state index in [1.54, 1.807) is 0 Å².